The summed E-state index contributed by atoms with van der Waals surface area (Å²) >= 11 is 0. The van der Waals surface area contributed by atoms with Crippen molar-refractivity contribution in [3.63, 3.8) is 0 Å². The molecule has 0 atom stereocenters. The molecule has 0 amide bonds. The molecule has 72 valence electrons. The van der Waals surface area contributed by atoms with E-state index in [0.29, 0.717) is 0 Å². The first-order chi connectivity index (χ1) is 5.52. The average Bonchev–Trinajstić information content (AvgIpc) is 2.00. The lowest BCUT2D eigenvalue weighted by Gasteiger charge is -2.03. The highest BCUT2D eigenvalue weighted by Crippen LogP contribution is 1.95. The van der Waals surface area contributed by atoms with Crippen LogP contribution < -0.4 is 0 Å². The largest absolute Gasteiger partial charge is 0.447 e. The molecule has 0 N–H and O–H groups in total. The fourth-order valence-electron chi connectivity index (χ4n) is 0.454. The van der Waals surface area contributed by atoms with Crippen LogP contribution in [0.1, 0.15) is 20.3 Å². The van der Waals surface area contributed by atoms with Gasteiger partial charge in [-0.05, 0) is 6.92 Å². The van der Waals surface area contributed by atoms with Gasteiger partial charge in [0.05, 0.1) is 6.61 Å². The molecule has 0 aliphatic rings. The summed E-state index contributed by atoms with van der Waals surface area (Å²) in [4.78, 5) is 10.5. The molecule has 12 heavy (non-hydrogen) atoms. The van der Waals surface area contributed by atoms with Crippen molar-refractivity contribution in [1.29, 1.82) is 0 Å². The highest BCUT2D eigenvalue weighted by atomic mass is 32.2. The van der Waals surface area contributed by atoms with E-state index in [9.17, 15) is 13.2 Å². The van der Waals surface area contributed by atoms with E-state index in [2.05, 4.69) is 8.92 Å². The van der Waals surface area contributed by atoms with Crippen LogP contribution in [-0.2, 0) is 23.8 Å². The van der Waals surface area contributed by atoms with Gasteiger partial charge in [-0.3, -0.25) is 8.98 Å². The van der Waals surface area contributed by atoms with Crippen molar-refractivity contribution in [2.45, 2.75) is 20.3 Å². The van der Waals surface area contributed by atoms with Crippen LogP contribution in [0.3, 0.4) is 0 Å². The van der Waals surface area contributed by atoms with Gasteiger partial charge >= 0.3 is 16.1 Å². The number of esters is 1. The summed E-state index contributed by atoms with van der Waals surface area (Å²) in [5.41, 5.74) is 0. The molecule has 0 aromatic carbocycles. The molecule has 0 aliphatic carbocycles. The van der Waals surface area contributed by atoms with Gasteiger partial charge < -0.3 is 4.74 Å². The van der Waals surface area contributed by atoms with Crippen LogP contribution in [0.25, 0.3) is 0 Å². The first kappa shape index (κ1) is 11.4. The maximum absolute atomic E-state index is 10.8. The van der Waals surface area contributed by atoms with Crippen LogP contribution in [0.15, 0.2) is 0 Å². The molecule has 0 heterocycles. The molecule has 0 aromatic heterocycles. The normalized spacial score (nSPS) is 11.2. The third-order valence-electron chi connectivity index (χ3n) is 0.950. The van der Waals surface area contributed by atoms with Crippen molar-refractivity contribution in [3.8, 4) is 0 Å². The van der Waals surface area contributed by atoms with E-state index in [1.54, 1.807) is 13.8 Å². The molecule has 0 saturated heterocycles. The Labute approximate surface area is 71.8 Å². The Bertz CT molecular complexity index is 230. The molecule has 0 aliphatic heterocycles. The molecule has 0 rings (SSSR count). The quantitative estimate of drug-likeness (QED) is 0.466. The maximum atomic E-state index is 10.8. The fraction of sp³-hybridized carbons (Fsp3) is 0.833. The van der Waals surface area contributed by atoms with Crippen molar-refractivity contribution >= 4 is 16.1 Å². The second-order valence-corrected chi connectivity index (χ2v) is 3.54. The second-order valence-electron chi connectivity index (χ2n) is 1.95. The first-order valence-electron chi connectivity index (χ1n) is 3.54. The van der Waals surface area contributed by atoms with Gasteiger partial charge in [-0.15, -0.1) is 0 Å². The number of rotatable bonds is 5. The number of carbonyl (C=O) groups excluding carboxylic acids is 1. The second kappa shape index (κ2) is 5.10. The van der Waals surface area contributed by atoms with E-state index in [-0.39, 0.29) is 13.0 Å². The van der Waals surface area contributed by atoms with E-state index < -0.39 is 22.0 Å². The molecular weight excluding hydrogens is 184 g/mol. The smallest absolute Gasteiger partial charge is 0.306 e. The van der Waals surface area contributed by atoms with Gasteiger partial charge in [-0.25, -0.2) is 0 Å². The molecule has 0 unspecified atom stereocenters. The van der Waals surface area contributed by atoms with Crippen molar-refractivity contribution in [2.24, 2.45) is 0 Å². The van der Waals surface area contributed by atoms with Crippen molar-refractivity contribution in [1.82, 2.24) is 0 Å². The van der Waals surface area contributed by atoms with E-state index in [0.717, 1.165) is 0 Å². The lowest BCUT2D eigenvalue weighted by Crippen LogP contribution is -2.16. The molecule has 0 aromatic rings. The average molecular weight is 196 g/mol. The predicted octanol–water partition coefficient (Wildman–Crippen LogP) is 0.263. The van der Waals surface area contributed by atoms with E-state index >= 15 is 0 Å². The minimum atomic E-state index is -3.68. The minimum Gasteiger partial charge on any atom is -0.447 e. The number of hydrogen-bond donors (Lipinski definition) is 0. The molecule has 0 spiro atoms. The topological polar surface area (TPSA) is 69.7 Å². The summed E-state index contributed by atoms with van der Waals surface area (Å²) in [6.07, 6.45) is 0.154. The first-order valence-corrected chi connectivity index (χ1v) is 5.12. The number of ether oxygens (including phenoxy) is 1. The van der Waals surface area contributed by atoms with Crippen LogP contribution in [-0.4, -0.2) is 26.9 Å². The highest BCUT2D eigenvalue weighted by Gasteiger charge is 2.12. The van der Waals surface area contributed by atoms with Gasteiger partial charge in [0.2, 0.25) is 5.94 Å². The minimum absolute atomic E-state index is 0.0476. The molecular formula is C6H12O5S. The van der Waals surface area contributed by atoms with Crippen LogP contribution in [0.2, 0.25) is 0 Å². The molecule has 0 fully saturated rings. The lowest BCUT2D eigenvalue weighted by atomic mass is 10.5. The third kappa shape index (κ3) is 5.09. The zero-order chi connectivity index (χ0) is 9.61. The summed E-state index contributed by atoms with van der Waals surface area (Å²) in [5, 5.41) is 0. The van der Waals surface area contributed by atoms with Crippen molar-refractivity contribution < 1.29 is 22.1 Å². The van der Waals surface area contributed by atoms with Gasteiger partial charge in [0.1, 0.15) is 0 Å². The SMILES string of the molecule is CCOS(=O)(=O)COC(=O)CC. The monoisotopic (exact) mass is 196 g/mol. The van der Waals surface area contributed by atoms with Crippen LogP contribution in [0.4, 0.5) is 0 Å². The Morgan fingerprint density at radius 2 is 1.92 bits per heavy atom. The number of carbonyl (C=O) groups is 1. The predicted molar refractivity (Wildman–Crippen MR) is 41.8 cm³/mol. The summed E-state index contributed by atoms with van der Waals surface area (Å²) in [6.45, 7) is 3.17. The fourth-order valence-corrected chi connectivity index (χ4v) is 1.16. The van der Waals surface area contributed by atoms with Gasteiger partial charge in [-0.1, -0.05) is 6.92 Å². The zero-order valence-electron chi connectivity index (χ0n) is 7.07. The van der Waals surface area contributed by atoms with Gasteiger partial charge in [0.25, 0.3) is 0 Å². The summed E-state index contributed by atoms with van der Waals surface area (Å²) in [5.74, 6) is -1.26. The molecule has 0 saturated carbocycles. The Morgan fingerprint density at radius 1 is 1.33 bits per heavy atom. The van der Waals surface area contributed by atoms with E-state index in [4.69, 9.17) is 0 Å². The van der Waals surface area contributed by atoms with E-state index in [1.165, 1.54) is 0 Å². The van der Waals surface area contributed by atoms with Gasteiger partial charge in [0.15, 0.2) is 0 Å². The van der Waals surface area contributed by atoms with Gasteiger partial charge in [0, 0.05) is 6.42 Å². The Morgan fingerprint density at radius 3 is 2.33 bits per heavy atom. The van der Waals surface area contributed by atoms with Gasteiger partial charge in [-0.2, -0.15) is 8.42 Å². The Hall–Kier alpha value is -0.620. The van der Waals surface area contributed by atoms with Crippen LogP contribution in [0, 0.1) is 0 Å². The third-order valence-corrected chi connectivity index (χ3v) is 1.95. The highest BCUT2D eigenvalue weighted by molar-refractivity contribution is 7.86. The molecule has 0 radical (unpaired) electrons. The maximum Gasteiger partial charge on any atom is 0.306 e. The molecule has 0 bridgehead atoms. The van der Waals surface area contributed by atoms with Crippen molar-refractivity contribution in [3.05, 3.63) is 0 Å². The summed E-state index contributed by atoms with van der Waals surface area (Å²) < 4.78 is 30.2. The molecule has 5 nitrogen and oxygen atoms in total. The molecule has 6 heteroatoms. The standard InChI is InChI=1S/C6H12O5S/c1-3-6(7)10-5-12(8,9)11-4-2/h3-5H2,1-2H3. The Kier molecular flexibility index (Phi) is 4.84. The van der Waals surface area contributed by atoms with E-state index in [1.807, 2.05) is 0 Å². The number of hydrogen-bond acceptors (Lipinski definition) is 5. The lowest BCUT2D eigenvalue weighted by molar-refractivity contribution is -0.141. The summed E-state index contributed by atoms with van der Waals surface area (Å²) in [7, 11) is -3.68. The Balaban J connectivity index is 3.84. The summed E-state index contributed by atoms with van der Waals surface area (Å²) in [6, 6.07) is 0. The zero-order valence-corrected chi connectivity index (χ0v) is 7.89. The van der Waals surface area contributed by atoms with Crippen LogP contribution >= 0.6 is 0 Å². The van der Waals surface area contributed by atoms with Crippen molar-refractivity contribution in [2.75, 3.05) is 12.5 Å². The van der Waals surface area contributed by atoms with Crippen LogP contribution in [0.5, 0.6) is 0 Å².